The molecule has 28 heavy (non-hydrogen) atoms. The standard InChI is InChI=1S/C23H20N4O/c1-15-8-13-21-20(14-15)22(17-6-4-3-5-7-17)27-23(26-21)25-19-11-9-18(10-12-19)24-16(2)28/h3-14H,1-2H3,(H,24,28)(H,25,26,27). The van der Waals surface area contributed by atoms with Gasteiger partial charge >= 0.3 is 0 Å². The second-order valence-electron chi connectivity index (χ2n) is 6.67. The third-order valence-electron chi connectivity index (χ3n) is 4.36. The molecule has 5 heteroatoms. The number of carbonyl (C=O) groups excluding carboxylic acids is 1. The van der Waals surface area contributed by atoms with Crippen LogP contribution in [0.25, 0.3) is 22.2 Å². The molecule has 0 fully saturated rings. The lowest BCUT2D eigenvalue weighted by atomic mass is 10.0. The number of hydrogen-bond acceptors (Lipinski definition) is 4. The first-order valence-electron chi connectivity index (χ1n) is 9.07. The van der Waals surface area contributed by atoms with E-state index in [1.165, 1.54) is 12.5 Å². The fourth-order valence-electron chi connectivity index (χ4n) is 3.08. The summed E-state index contributed by atoms with van der Waals surface area (Å²) in [5.41, 5.74) is 5.59. The summed E-state index contributed by atoms with van der Waals surface area (Å²) in [4.78, 5) is 20.6. The summed E-state index contributed by atoms with van der Waals surface area (Å²) >= 11 is 0. The molecule has 0 aliphatic carbocycles. The van der Waals surface area contributed by atoms with Crippen molar-refractivity contribution in [3.8, 4) is 11.3 Å². The minimum absolute atomic E-state index is 0.0960. The summed E-state index contributed by atoms with van der Waals surface area (Å²) in [5.74, 6) is 0.434. The average molecular weight is 368 g/mol. The quantitative estimate of drug-likeness (QED) is 0.512. The molecular weight excluding hydrogens is 348 g/mol. The van der Waals surface area contributed by atoms with Crippen LogP contribution in [0.3, 0.4) is 0 Å². The van der Waals surface area contributed by atoms with E-state index in [9.17, 15) is 4.79 Å². The Morgan fingerprint density at radius 2 is 1.57 bits per heavy atom. The molecule has 5 nitrogen and oxygen atoms in total. The third kappa shape index (κ3) is 3.83. The Morgan fingerprint density at radius 1 is 0.857 bits per heavy atom. The maximum absolute atomic E-state index is 11.2. The lowest BCUT2D eigenvalue weighted by Crippen LogP contribution is -2.05. The van der Waals surface area contributed by atoms with Crippen LogP contribution < -0.4 is 10.6 Å². The summed E-state index contributed by atoms with van der Waals surface area (Å²) in [6.45, 7) is 3.55. The van der Waals surface area contributed by atoms with Crippen molar-refractivity contribution in [3.05, 3.63) is 78.4 Å². The van der Waals surface area contributed by atoms with Crippen molar-refractivity contribution < 1.29 is 4.79 Å². The van der Waals surface area contributed by atoms with Gasteiger partial charge in [-0.25, -0.2) is 9.97 Å². The van der Waals surface area contributed by atoms with E-state index in [1.807, 2.05) is 48.5 Å². The van der Waals surface area contributed by atoms with Crippen molar-refractivity contribution >= 4 is 34.1 Å². The Kier molecular flexibility index (Phi) is 4.72. The molecule has 0 saturated carbocycles. The van der Waals surface area contributed by atoms with E-state index < -0.39 is 0 Å². The molecular formula is C23H20N4O. The monoisotopic (exact) mass is 368 g/mol. The number of fused-ring (bicyclic) bond motifs is 1. The number of nitrogens with one attached hydrogen (secondary N) is 2. The fourth-order valence-corrected chi connectivity index (χ4v) is 3.08. The summed E-state index contributed by atoms with van der Waals surface area (Å²) < 4.78 is 0. The molecule has 0 radical (unpaired) electrons. The van der Waals surface area contributed by atoms with Crippen LogP contribution in [0.1, 0.15) is 12.5 Å². The number of anilines is 3. The van der Waals surface area contributed by atoms with E-state index >= 15 is 0 Å². The van der Waals surface area contributed by atoms with Gasteiger partial charge in [-0.15, -0.1) is 0 Å². The first-order valence-corrected chi connectivity index (χ1v) is 9.07. The van der Waals surface area contributed by atoms with Crippen molar-refractivity contribution in [2.24, 2.45) is 0 Å². The van der Waals surface area contributed by atoms with Crippen LogP contribution in [0.15, 0.2) is 72.8 Å². The highest BCUT2D eigenvalue weighted by Crippen LogP contribution is 2.29. The molecule has 1 amide bonds. The molecule has 4 aromatic rings. The highest BCUT2D eigenvalue weighted by molar-refractivity contribution is 5.94. The van der Waals surface area contributed by atoms with Gasteiger partial charge in [-0.1, -0.05) is 42.0 Å². The van der Waals surface area contributed by atoms with E-state index in [2.05, 4.69) is 46.8 Å². The Bertz CT molecular complexity index is 1140. The smallest absolute Gasteiger partial charge is 0.228 e. The van der Waals surface area contributed by atoms with Gasteiger partial charge in [0.05, 0.1) is 11.2 Å². The molecule has 0 atom stereocenters. The van der Waals surface area contributed by atoms with E-state index in [0.717, 1.165) is 33.5 Å². The Balaban J connectivity index is 1.73. The van der Waals surface area contributed by atoms with Crippen LogP contribution >= 0.6 is 0 Å². The van der Waals surface area contributed by atoms with Gasteiger partial charge in [0.1, 0.15) is 0 Å². The summed E-state index contributed by atoms with van der Waals surface area (Å²) in [5, 5.41) is 7.05. The maximum atomic E-state index is 11.2. The highest BCUT2D eigenvalue weighted by atomic mass is 16.1. The number of nitrogens with zero attached hydrogens (tertiary/aromatic N) is 2. The minimum atomic E-state index is -0.0960. The van der Waals surface area contributed by atoms with Gasteiger partial charge in [0.2, 0.25) is 11.9 Å². The molecule has 0 unspecified atom stereocenters. The molecule has 0 aliphatic rings. The zero-order valence-corrected chi connectivity index (χ0v) is 15.7. The molecule has 0 bridgehead atoms. The third-order valence-corrected chi connectivity index (χ3v) is 4.36. The first-order chi connectivity index (χ1) is 13.6. The molecule has 138 valence electrons. The highest BCUT2D eigenvalue weighted by Gasteiger charge is 2.10. The molecule has 0 spiro atoms. The number of aromatic nitrogens is 2. The topological polar surface area (TPSA) is 66.9 Å². The fraction of sp³-hybridized carbons (Fsp3) is 0.0870. The van der Waals surface area contributed by atoms with Gasteiger partial charge in [-0.3, -0.25) is 4.79 Å². The Morgan fingerprint density at radius 3 is 2.29 bits per heavy atom. The number of hydrogen-bond donors (Lipinski definition) is 2. The Hall–Kier alpha value is -3.73. The minimum Gasteiger partial charge on any atom is -0.326 e. The molecule has 1 heterocycles. The summed E-state index contributed by atoms with van der Waals surface area (Å²) in [7, 11) is 0. The molecule has 4 rings (SSSR count). The second-order valence-corrected chi connectivity index (χ2v) is 6.67. The number of amides is 1. The molecule has 2 N–H and O–H groups in total. The lowest BCUT2D eigenvalue weighted by Gasteiger charge is -2.11. The molecule has 0 saturated heterocycles. The largest absolute Gasteiger partial charge is 0.326 e. The van der Waals surface area contributed by atoms with E-state index in [1.54, 1.807) is 0 Å². The van der Waals surface area contributed by atoms with Crippen LogP contribution in [-0.2, 0) is 4.79 Å². The number of rotatable bonds is 4. The number of carbonyl (C=O) groups is 1. The van der Waals surface area contributed by atoms with Crippen LogP contribution in [0.4, 0.5) is 17.3 Å². The van der Waals surface area contributed by atoms with Crippen molar-refractivity contribution in [1.29, 1.82) is 0 Å². The van der Waals surface area contributed by atoms with Crippen LogP contribution in [0, 0.1) is 6.92 Å². The molecule has 3 aromatic carbocycles. The van der Waals surface area contributed by atoms with E-state index in [-0.39, 0.29) is 5.91 Å². The molecule has 0 aliphatic heterocycles. The van der Waals surface area contributed by atoms with Crippen molar-refractivity contribution in [2.45, 2.75) is 13.8 Å². The van der Waals surface area contributed by atoms with Crippen molar-refractivity contribution in [2.75, 3.05) is 10.6 Å². The van der Waals surface area contributed by atoms with Gasteiger partial charge in [0, 0.05) is 29.2 Å². The van der Waals surface area contributed by atoms with Gasteiger partial charge in [0.15, 0.2) is 0 Å². The zero-order valence-electron chi connectivity index (χ0n) is 15.7. The van der Waals surface area contributed by atoms with Crippen molar-refractivity contribution in [3.63, 3.8) is 0 Å². The SMILES string of the molecule is CC(=O)Nc1ccc(Nc2nc(-c3ccccc3)c3cc(C)ccc3n2)cc1. The lowest BCUT2D eigenvalue weighted by molar-refractivity contribution is -0.114. The normalized spacial score (nSPS) is 10.6. The van der Waals surface area contributed by atoms with Crippen molar-refractivity contribution in [1.82, 2.24) is 9.97 Å². The summed E-state index contributed by atoms with van der Waals surface area (Å²) in [6.07, 6.45) is 0. The average Bonchev–Trinajstić information content (AvgIpc) is 2.69. The van der Waals surface area contributed by atoms with Crippen LogP contribution in [0.2, 0.25) is 0 Å². The van der Waals surface area contributed by atoms with E-state index in [4.69, 9.17) is 4.98 Å². The zero-order chi connectivity index (χ0) is 19.5. The first kappa shape index (κ1) is 17.7. The Labute approximate surface area is 163 Å². The van der Waals surface area contributed by atoms with Gasteiger partial charge in [0.25, 0.3) is 0 Å². The van der Waals surface area contributed by atoms with Gasteiger partial charge < -0.3 is 10.6 Å². The van der Waals surface area contributed by atoms with E-state index in [0.29, 0.717) is 5.95 Å². The maximum Gasteiger partial charge on any atom is 0.228 e. The summed E-state index contributed by atoms with van der Waals surface area (Å²) in [6, 6.07) is 23.7. The second kappa shape index (κ2) is 7.48. The van der Waals surface area contributed by atoms with Crippen LogP contribution in [0.5, 0.6) is 0 Å². The number of aryl methyl sites for hydroxylation is 1. The van der Waals surface area contributed by atoms with Crippen LogP contribution in [-0.4, -0.2) is 15.9 Å². The van der Waals surface area contributed by atoms with Gasteiger partial charge in [-0.2, -0.15) is 0 Å². The predicted octanol–water partition coefficient (Wildman–Crippen LogP) is 5.31. The molecule has 1 aromatic heterocycles. The predicted molar refractivity (Wildman–Crippen MR) is 114 cm³/mol. The number of benzene rings is 3. The van der Waals surface area contributed by atoms with Gasteiger partial charge in [-0.05, 0) is 43.3 Å².